The first-order valence-electron chi connectivity index (χ1n) is 7.22. The maximum atomic E-state index is 12.4. The van der Waals surface area contributed by atoms with Crippen LogP contribution in [0.2, 0.25) is 0 Å². The summed E-state index contributed by atoms with van der Waals surface area (Å²) < 4.78 is 26.3. The topological polar surface area (TPSA) is 57.6 Å². The van der Waals surface area contributed by atoms with Crippen LogP contribution in [0.25, 0.3) is 0 Å². The van der Waals surface area contributed by atoms with Gasteiger partial charge in [-0.05, 0) is 30.7 Å². The van der Waals surface area contributed by atoms with Gasteiger partial charge in [0.05, 0.1) is 11.9 Å². The molecule has 0 spiro atoms. The average Bonchev–Trinajstić information content (AvgIpc) is 2.46. The third-order valence-corrected chi connectivity index (χ3v) is 5.90. The van der Waals surface area contributed by atoms with Crippen molar-refractivity contribution in [3.8, 4) is 0 Å². The highest BCUT2D eigenvalue weighted by molar-refractivity contribution is 7.89. The Labute approximate surface area is 121 Å². The molecule has 2 atom stereocenters. The zero-order valence-corrected chi connectivity index (χ0v) is 12.7. The number of hydrogen-bond donors (Lipinski definition) is 1. The van der Waals surface area contributed by atoms with Crippen molar-refractivity contribution in [1.29, 1.82) is 0 Å². The van der Waals surface area contributed by atoms with E-state index in [9.17, 15) is 13.5 Å². The van der Waals surface area contributed by atoms with Crippen LogP contribution in [0.4, 0.5) is 0 Å². The van der Waals surface area contributed by atoms with E-state index < -0.39 is 10.0 Å². The van der Waals surface area contributed by atoms with Crippen molar-refractivity contribution >= 4 is 10.0 Å². The molecule has 0 aromatic heterocycles. The van der Waals surface area contributed by atoms with Gasteiger partial charge in [-0.3, -0.25) is 0 Å². The smallest absolute Gasteiger partial charge is 0.214 e. The van der Waals surface area contributed by atoms with E-state index in [1.54, 1.807) is 4.31 Å². The van der Waals surface area contributed by atoms with Crippen molar-refractivity contribution in [3.05, 3.63) is 35.9 Å². The Morgan fingerprint density at radius 3 is 2.65 bits per heavy atom. The van der Waals surface area contributed by atoms with Crippen molar-refractivity contribution in [2.75, 3.05) is 18.8 Å². The van der Waals surface area contributed by atoms with Crippen molar-refractivity contribution in [3.63, 3.8) is 0 Å². The average molecular weight is 297 g/mol. The van der Waals surface area contributed by atoms with E-state index in [0.29, 0.717) is 25.9 Å². The van der Waals surface area contributed by atoms with Gasteiger partial charge in [0.25, 0.3) is 0 Å². The largest absolute Gasteiger partial charge is 0.393 e. The minimum Gasteiger partial charge on any atom is -0.393 e. The minimum absolute atomic E-state index is 0.0650. The van der Waals surface area contributed by atoms with Crippen LogP contribution in [0.3, 0.4) is 0 Å². The van der Waals surface area contributed by atoms with Gasteiger partial charge in [-0.2, -0.15) is 0 Å². The van der Waals surface area contributed by atoms with Gasteiger partial charge in [0.2, 0.25) is 10.0 Å². The Kier molecular flexibility index (Phi) is 5.18. The summed E-state index contributed by atoms with van der Waals surface area (Å²) in [6, 6.07) is 9.67. The number of rotatable bonds is 5. The highest BCUT2D eigenvalue weighted by Gasteiger charge is 2.32. The summed E-state index contributed by atoms with van der Waals surface area (Å²) in [6.45, 7) is 2.89. The molecule has 0 amide bonds. The molecular weight excluding hydrogens is 274 g/mol. The van der Waals surface area contributed by atoms with Gasteiger partial charge in [-0.1, -0.05) is 37.3 Å². The second kappa shape index (κ2) is 6.70. The Balaban J connectivity index is 1.96. The van der Waals surface area contributed by atoms with Crippen molar-refractivity contribution in [1.82, 2.24) is 4.31 Å². The van der Waals surface area contributed by atoms with Crippen LogP contribution in [0, 0.1) is 5.92 Å². The Morgan fingerprint density at radius 1 is 1.30 bits per heavy atom. The fraction of sp³-hybridized carbons (Fsp3) is 0.600. The predicted octanol–water partition coefficient (Wildman–Crippen LogP) is 1.65. The van der Waals surface area contributed by atoms with Crippen molar-refractivity contribution in [2.45, 2.75) is 32.3 Å². The quantitative estimate of drug-likeness (QED) is 0.899. The molecule has 0 radical (unpaired) electrons. The van der Waals surface area contributed by atoms with E-state index in [4.69, 9.17) is 0 Å². The summed E-state index contributed by atoms with van der Waals surface area (Å²) in [7, 11) is -3.23. The lowest BCUT2D eigenvalue weighted by Gasteiger charge is -2.35. The maximum Gasteiger partial charge on any atom is 0.214 e. The normalized spacial score (nSPS) is 24.7. The highest BCUT2D eigenvalue weighted by Crippen LogP contribution is 2.22. The Morgan fingerprint density at radius 2 is 2.00 bits per heavy atom. The standard InChI is InChI=1S/C15H23NO3S/c1-2-14-12-16(10-8-15(14)17)20(18,19)11-9-13-6-4-3-5-7-13/h3-7,14-15,17H,2,8-12H2,1H3. The summed E-state index contributed by atoms with van der Waals surface area (Å²) in [5.41, 5.74) is 1.04. The van der Waals surface area contributed by atoms with Crippen LogP contribution < -0.4 is 0 Å². The molecule has 20 heavy (non-hydrogen) atoms. The van der Waals surface area contributed by atoms with Gasteiger partial charge in [0.1, 0.15) is 0 Å². The van der Waals surface area contributed by atoms with E-state index >= 15 is 0 Å². The Hall–Kier alpha value is -0.910. The van der Waals surface area contributed by atoms with E-state index in [2.05, 4.69) is 0 Å². The zero-order valence-electron chi connectivity index (χ0n) is 11.9. The minimum atomic E-state index is -3.23. The van der Waals surface area contributed by atoms with E-state index in [-0.39, 0.29) is 17.8 Å². The third kappa shape index (κ3) is 3.81. The molecule has 1 N–H and O–H groups in total. The van der Waals surface area contributed by atoms with Crippen LogP contribution in [0.1, 0.15) is 25.3 Å². The zero-order chi connectivity index (χ0) is 14.6. The predicted molar refractivity (Wildman–Crippen MR) is 79.9 cm³/mol. The summed E-state index contributed by atoms with van der Waals surface area (Å²) >= 11 is 0. The lowest BCUT2D eigenvalue weighted by molar-refractivity contribution is 0.0521. The van der Waals surface area contributed by atoms with Gasteiger partial charge in [0.15, 0.2) is 0 Å². The second-order valence-corrected chi connectivity index (χ2v) is 7.52. The fourth-order valence-corrected chi connectivity index (χ4v) is 4.21. The molecule has 0 bridgehead atoms. The molecular formula is C15H23NO3S. The van der Waals surface area contributed by atoms with Crippen LogP contribution in [-0.4, -0.2) is 42.8 Å². The summed E-state index contributed by atoms with van der Waals surface area (Å²) in [5.74, 6) is 0.207. The molecule has 2 rings (SSSR count). The lowest BCUT2D eigenvalue weighted by Crippen LogP contribution is -2.46. The van der Waals surface area contributed by atoms with Gasteiger partial charge in [0, 0.05) is 13.1 Å². The van der Waals surface area contributed by atoms with Gasteiger partial charge in [-0.15, -0.1) is 0 Å². The highest BCUT2D eigenvalue weighted by atomic mass is 32.2. The molecule has 1 aliphatic heterocycles. The summed E-state index contributed by atoms with van der Waals surface area (Å²) in [5, 5.41) is 9.84. The van der Waals surface area contributed by atoms with E-state index in [1.165, 1.54) is 0 Å². The molecule has 1 heterocycles. The number of aliphatic hydroxyl groups is 1. The number of aryl methyl sites for hydroxylation is 1. The number of benzene rings is 1. The SMILES string of the molecule is CCC1CN(S(=O)(=O)CCc2ccccc2)CCC1O. The molecule has 1 fully saturated rings. The molecule has 112 valence electrons. The second-order valence-electron chi connectivity index (χ2n) is 5.43. The molecule has 4 nitrogen and oxygen atoms in total. The van der Waals surface area contributed by atoms with Crippen LogP contribution in [0.15, 0.2) is 30.3 Å². The first-order valence-corrected chi connectivity index (χ1v) is 8.83. The number of nitrogens with zero attached hydrogens (tertiary/aromatic N) is 1. The molecule has 0 aliphatic carbocycles. The maximum absolute atomic E-state index is 12.4. The molecule has 0 saturated carbocycles. The van der Waals surface area contributed by atoms with E-state index in [1.807, 2.05) is 37.3 Å². The third-order valence-electron chi connectivity index (χ3n) is 4.07. The summed E-state index contributed by atoms with van der Waals surface area (Å²) in [6.07, 6.45) is 1.54. The van der Waals surface area contributed by atoms with Crippen LogP contribution >= 0.6 is 0 Å². The number of sulfonamides is 1. The van der Waals surface area contributed by atoms with Gasteiger partial charge >= 0.3 is 0 Å². The summed E-state index contributed by atoms with van der Waals surface area (Å²) in [4.78, 5) is 0. The fourth-order valence-electron chi connectivity index (χ4n) is 2.66. The number of hydrogen-bond acceptors (Lipinski definition) is 3. The first-order chi connectivity index (χ1) is 9.53. The molecule has 1 aliphatic rings. The molecule has 5 heteroatoms. The van der Waals surface area contributed by atoms with E-state index in [0.717, 1.165) is 12.0 Å². The molecule has 1 aromatic rings. The monoisotopic (exact) mass is 297 g/mol. The van der Waals surface area contributed by atoms with Crippen molar-refractivity contribution < 1.29 is 13.5 Å². The first kappa shape index (κ1) is 15.5. The Bertz CT molecular complexity index is 515. The molecule has 2 unspecified atom stereocenters. The lowest BCUT2D eigenvalue weighted by atomic mass is 9.94. The number of aliphatic hydroxyl groups excluding tert-OH is 1. The molecule has 1 aromatic carbocycles. The van der Waals surface area contributed by atoms with Crippen LogP contribution in [-0.2, 0) is 16.4 Å². The van der Waals surface area contributed by atoms with Crippen LogP contribution in [0.5, 0.6) is 0 Å². The number of piperidine rings is 1. The van der Waals surface area contributed by atoms with Gasteiger partial charge in [-0.25, -0.2) is 12.7 Å². The molecule has 1 saturated heterocycles. The van der Waals surface area contributed by atoms with Crippen molar-refractivity contribution in [2.24, 2.45) is 5.92 Å². The van der Waals surface area contributed by atoms with Gasteiger partial charge < -0.3 is 5.11 Å².